The Hall–Kier alpha value is -3.65. The van der Waals surface area contributed by atoms with Gasteiger partial charge in [-0.1, -0.05) is 30.0 Å². The van der Waals surface area contributed by atoms with Crippen LogP contribution in [0.2, 0.25) is 0 Å². The van der Waals surface area contributed by atoms with Crippen LogP contribution in [0.5, 0.6) is 0 Å². The largest absolute Gasteiger partial charge is 0.378 e. The molecule has 2 aromatic carbocycles. The molecule has 0 fully saturated rings. The van der Waals surface area contributed by atoms with E-state index in [9.17, 15) is 4.79 Å². The molecule has 0 bridgehead atoms. The van der Waals surface area contributed by atoms with Gasteiger partial charge < -0.3 is 10.2 Å². The smallest absolute Gasteiger partial charge is 0.230 e. The molecule has 0 atom stereocenters. The lowest BCUT2D eigenvalue weighted by molar-refractivity contribution is -0.118. The molecule has 4 aromatic rings. The molecule has 4 rings (SSSR count). The third kappa shape index (κ3) is 5.46. The molecule has 1 amide bonds. The Morgan fingerprint density at radius 1 is 0.971 bits per heavy atom. The van der Waals surface area contributed by atoms with E-state index in [4.69, 9.17) is 0 Å². The third-order valence-electron chi connectivity index (χ3n) is 5.60. The van der Waals surface area contributed by atoms with Crippen molar-refractivity contribution < 1.29 is 4.79 Å². The molecular formula is C26H28N6OS. The van der Waals surface area contributed by atoms with E-state index in [1.54, 1.807) is 12.4 Å². The second-order valence-electron chi connectivity index (χ2n) is 8.27. The minimum atomic E-state index is -0.0539. The van der Waals surface area contributed by atoms with Gasteiger partial charge in [-0.05, 0) is 66.9 Å². The van der Waals surface area contributed by atoms with Gasteiger partial charge in [0.1, 0.15) is 0 Å². The van der Waals surface area contributed by atoms with E-state index in [1.165, 1.54) is 22.9 Å². The summed E-state index contributed by atoms with van der Waals surface area (Å²) in [6, 6.07) is 18.2. The number of nitrogens with one attached hydrogen (secondary N) is 1. The Morgan fingerprint density at radius 2 is 1.71 bits per heavy atom. The molecule has 0 aliphatic heterocycles. The number of thioether (sulfide) groups is 1. The maximum absolute atomic E-state index is 12.6. The van der Waals surface area contributed by atoms with Crippen LogP contribution in [0.25, 0.3) is 17.1 Å². The van der Waals surface area contributed by atoms with E-state index in [0.717, 1.165) is 28.3 Å². The lowest BCUT2D eigenvalue weighted by atomic mass is 10.1. The zero-order chi connectivity index (χ0) is 24.1. The lowest BCUT2D eigenvalue weighted by Crippen LogP contribution is -2.24. The van der Waals surface area contributed by atoms with Crippen molar-refractivity contribution in [3.8, 4) is 17.1 Å². The van der Waals surface area contributed by atoms with E-state index in [1.807, 2.05) is 60.0 Å². The van der Waals surface area contributed by atoms with Gasteiger partial charge in [0.15, 0.2) is 11.0 Å². The predicted molar refractivity (Wildman–Crippen MR) is 137 cm³/mol. The van der Waals surface area contributed by atoms with Crippen molar-refractivity contribution in [1.29, 1.82) is 0 Å². The van der Waals surface area contributed by atoms with Gasteiger partial charge in [-0.3, -0.25) is 14.3 Å². The molecular weight excluding hydrogens is 444 g/mol. The van der Waals surface area contributed by atoms with Gasteiger partial charge in [0.2, 0.25) is 5.91 Å². The van der Waals surface area contributed by atoms with Gasteiger partial charge in [0, 0.05) is 44.3 Å². The summed E-state index contributed by atoms with van der Waals surface area (Å²) in [5.74, 6) is 0.908. The van der Waals surface area contributed by atoms with Crippen molar-refractivity contribution in [3.63, 3.8) is 0 Å². The first-order chi connectivity index (χ1) is 16.4. The first kappa shape index (κ1) is 23.5. The van der Waals surface area contributed by atoms with Crippen LogP contribution >= 0.6 is 11.8 Å². The summed E-state index contributed by atoms with van der Waals surface area (Å²) in [6.07, 6.45) is 3.47. The fraction of sp³-hybridized carbons (Fsp3) is 0.231. The second kappa shape index (κ2) is 10.5. The number of benzene rings is 2. The molecule has 7 nitrogen and oxygen atoms in total. The van der Waals surface area contributed by atoms with E-state index >= 15 is 0 Å². The summed E-state index contributed by atoms with van der Waals surface area (Å²) in [6.45, 7) is 4.66. The summed E-state index contributed by atoms with van der Waals surface area (Å²) in [7, 11) is 4.01. The highest BCUT2D eigenvalue weighted by Crippen LogP contribution is 2.28. The molecule has 0 saturated carbocycles. The number of rotatable bonds is 8. The van der Waals surface area contributed by atoms with Gasteiger partial charge >= 0.3 is 0 Å². The number of anilines is 1. The fourth-order valence-corrected chi connectivity index (χ4v) is 4.22. The molecule has 2 aromatic heterocycles. The third-order valence-corrected chi connectivity index (χ3v) is 6.52. The van der Waals surface area contributed by atoms with Gasteiger partial charge in [-0.15, -0.1) is 10.2 Å². The number of hydrogen-bond acceptors (Lipinski definition) is 6. The molecule has 174 valence electrons. The summed E-state index contributed by atoms with van der Waals surface area (Å²) in [5, 5.41) is 12.5. The molecule has 0 radical (unpaired) electrons. The van der Waals surface area contributed by atoms with Crippen LogP contribution < -0.4 is 10.2 Å². The molecule has 0 spiro atoms. The minimum absolute atomic E-state index is 0.0539. The minimum Gasteiger partial charge on any atom is -0.378 e. The molecule has 0 aliphatic rings. The fourth-order valence-electron chi connectivity index (χ4n) is 3.44. The molecule has 8 heteroatoms. The summed E-state index contributed by atoms with van der Waals surface area (Å²) in [4.78, 5) is 18.7. The summed E-state index contributed by atoms with van der Waals surface area (Å²) < 4.78 is 2.00. The maximum Gasteiger partial charge on any atom is 0.230 e. The quantitative estimate of drug-likeness (QED) is 0.383. The number of aromatic nitrogens is 4. The molecule has 0 saturated heterocycles. The van der Waals surface area contributed by atoms with Gasteiger partial charge in [0.25, 0.3) is 0 Å². The lowest BCUT2D eigenvalue weighted by Gasteiger charge is -2.13. The monoisotopic (exact) mass is 472 g/mol. The standard InChI is InChI=1S/C26H28N6OS/c1-18-5-8-23(15-19(18)2)32-25(21-11-13-27-14-12-21)29-30-26(32)34-17-24(33)28-16-20-6-9-22(10-7-20)31(3)4/h5-15H,16-17H2,1-4H3,(H,28,33). The van der Waals surface area contributed by atoms with Crippen molar-refractivity contribution in [1.82, 2.24) is 25.1 Å². The van der Waals surface area contributed by atoms with E-state index in [0.29, 0.717) is 11.7 Å². The zero-order valence-electron chi connectivity index (χ0n) is 19.8. The Morgan fingerprint density at radius 3 is 2.38 bits per heavy atom. The molecule has 0 aliphatic carbocycles. The number of amides is 1. The molecule has 1 N–H and O–H groups in total. The van der Waals surface area contributed by atoms with E-state index < -0.39 is 0 Å². The number of pyridine rings is 1. The first-order valence-electron chi connectivity index (χ1n) is 11.0. The first-order valence-corrected chi connectivity index (χ1v) is 12.0. The average molecular weight is 473 g/mol. The van der Waals surface area contributed by atoms with Gasteiger partial charge in [-0.25, -0.2) is 0 Å². The number of aryl methyl sites for hydroxylation is 2. The van der Waals surface area contributed by atoms with Crippen molar-refractivity contribution in [2.24, 2.45) is 0 Å². The van der Waals surface area contributed by atoms with Crippen molar-refractivity contribution in [2.75, 3.05) is 24.7 Å². The van der Waals surface area contributed by atoms with Crippen LogP contribution in [0.15, 0.2) is 72.1 Å². The van der Waals surface area contributed by atoms with Crippen LogP contribution in [-0.2, 0) is 11.3 Å². The number of hydrogen-bond donors (Lipinski definition) is 1. The maximum atomic E-state index is 12.6. The van der Waals surface area contributed by atoms with Crippen LogP contribution in [0.1, 0.15) is 16.7 Å². The summed E-state index contributed by atoms with van der Waals surface area (Å²) in [5.41, 5.74) is 6.46. The molecule has 34 heavy (non-hydrogen) atoms. The Balaban J connectivity index is 1.49. The van der Waals surface area contributed by atoms with Crippen molar-refractivity contribution in [3.05, 3.63) is 83.7 Å². The van der Waals surface area contributed by atoms with Crippen LogP contribution in [-0.4, -0.2) is 45.5 Å². The van der Waals surface area contributed by atoms with Crippen LogP contribution in [0.3, 0.4) is 0 Å². The van der Waals surface area contributed by atoms with Crippen LogP contribution in [0.4, 0.5) is 5.69 Å². The number of carbonyl (C=O) groups is 1. The highest BCUT2D eigenvalue weighted by atomic mass is 32.2. The highest BCUT2D eigenvalue weighted by molar-refractivity contribution is 7.99. The van der Waals surface area contributed by atoms with Crippen LogP contribution in [0, 0.1) is 13.8 Å². The predicted octanol–water partition coefficient (Wildman–Crippen LogP) is 4.42. The number of nitrogens with zero attached hydrogens (tertiary/aromatic N) is 5. The second-order valence-corrected chi connectivity index (χ2v) is 9.21. The SMILES string of the molecule is Cc1ccc(-n2c(SCC(=O)NCc3ccc(N(C)C)cc3)nnc2-c2ccncc2)cc1C. The molecule has 2 heterocycles. The topological polar surface area (TPSA) is 75.9 Å². The normalized spacial score (nSPS) is 10.8. The highest BCUT2D eigenvalue weighted by Gasteiger charge is 2.17. The van der Waals surface area contributed by atoms with Crippen molar-refractivity contribution >= 4 is 23.4 Å². The average Bonchev–Trinajstić information content (AvgIpc) is 3.28. The summed E-state index contributed by atoms with van der Waals surface area (Å²) >= 11 is 1.37. The van der Waals surface area contributed by atoms with E-state index in [2.05, 4.69) is 52.5 Å². The Labute approximate surface area is 204 Å². The van der Waals surface area contributed by atoms with Crippen molar-refractivity contribution in [2.45, 2.75) is 25.5 Å². The zero-order valence-corrected chi connectivity index (χ0v) is 20.6. The van der Waals surface area contributed by atoms with Gasteiger partial charge in [-0.2, -0.15) is 0 Å². The van der Waals surface area contributed by atoms with E-state index in [-0.39, 0.29) is 11.7 Å². The van der Waals surface area contributed by atoms with Gasteiger partial charge in [0.05, 0.1) is 11.4 Å². The number of carbonyl (C=O) groups excluding carboxylic acids is 1. The Kier molecular flexibility index (Phi) is 7.27. The Bertz CT molecular complexity index is 1270. The molecule has 0 unspecified atom stereocenters.